The lowest BCUT2D eigenvalue weighted by Gasteiger charge is -2.23. The molecule has 2 heteroatoms. The number of anilines is 1. The first kappa shape index (κ1) is 12.4. The summed E-state index contributed by atoms with van der Waals surface area (Å²) in [7, 11) is 0. The van der Waals surface area contributed by atoms with Gasteiger partial charge in [-0.25, -0.2) is 4.98 Å². The lowest BCUT2D eigenvalue weighted by molar-refractivity contribution is 0.437. The molecule has 2 nitrogen and oxygen atoms in total. The van der Waals surface area contributed by atoms with Gasteiger partial charge in [-0.05, 0) is 43.7 Å². The first-order chi connectivity index (χ1) is 8.24. The Hall–Kier alpha value is -1.05. The highest BCUT2D eigenvalue weighted by Crippen LogP contribution is 2.23. The minimum atomic E-state index is 0.511. The SMILES string of the molecule is CCC(CC)C(C)Nc1ccc2c(n1)CCC2. The van der Waals surface area contributed by atoms with Crippen LogP contribution in [0.2, 0.25) is 0 Å². The van der Waals surface area contributed by atoms with Crippen LogP contribution in [-0.2, 0) is 12.8 Å². The Balaban J connectivity index is 2.03. The molecule has 2 rings (SSSR count). The van der Waals surface area contributed by atoms with Gasteiger partial charge in [0.05, 0.1) is 0 Å². The second-order valence-electron chi connectivity index (χ2n) is 5.17. The molecule has 1 aromatic rings. The predicted molar refractivity (Wildman–Crippen MR) is 73.4 cm³/mol. The molecular weight excluding hydrogens is 208 g/mol. The molecule has 1 atom stereocenters. The highest BCUT2D eigenvalue weighted by Gasteiger charge is 2.16. The van der Waals surface area contributed by atoms with E-state index in [0.717, 1.165) is 18.2 Å². The zero-order valence-corrected chi connectivity index (χ0v) is 11.3. The topological polar surface area (TPSA) is 24.9 Å². The largest absolute Gasteiger partial charge is 0.367 e. The van der Waals surface area contributed by atoms with Crippen LogP contribution in [0.25, 0.3) is 0 Å². The van der Waals surface area contributed by atoms with E-state index in [1.165, 1.54) is 36.9 Å². The minimum Gasteiger partial charge on any atom is -0.367 e. The molecular formula is C15H24N2. The number of fused-ring (bicyclic) bond motifs is 1. The van der Waals surface area contributed by atoms with Crippen LogP contribution in [0, 0.1) is 5.92 Å². The zero-order valence-electron chi connectivity index (χ0n) is 11.3. The number of aromatic nitrogens is 1. The second-order valence-corrected chi connectivity index (χ2v) is 5.17. The van der Waals surface area contributed by atoms with Crippen LogP contribution >= 0.6 is 0 Å². The Kier molecular flexibility index (Phi) is 4.03. The molecule has 0 radical (unpaired) electrons. The van der Waals surface area contributed by atoms with Crippen LogP contribution in [0.1, 0.15) is 51.3 Å². The van der Waals surface area contributed by atoms with E-state index in [-0.39, 0.29) is 0 Å². The lowest BCUT2D eigenvalue weighted by Crippen LogP contribution is -2.25. The van der Waals surface area contributed by atoms with Gasteiger partial charge in [-0.3, -0.25) is 0 Å². The van der Waals surface area contributed by atoms with E-state index in [1.807, 2.05) is 0 Å². The summed E-state index contributed by atoms with van der Waals surface area (Å²) in [5.74, 6) is 1.80. The van der Waals surface area contributed by atoms with Crippen LogP contribution in [0.5, 0.6) is 0 Å². The number of pyridine rings is 1. The van der Waals surface area contributed by atoms with Crippen LogP contribution < -0.4 is 5.32 Å². The molecule has 0 amide bonds. The Labute approximate surface area is 105 Å². The van der Waals surface area contributed by atoms with Gasteiger partial charge in [-0.1, -0.05) is 32.8 Å². The predicted octanol–water partition coefficient (Wildman–Crippen LogP) is 3.81. The highest BCUT2D eigenvalue weighted by molar-refractivity contribution is 5.41. The van der Waals surface area contributed by atoms with Gasteiger partial charge >= 0.3 is 0 Å². The van der Waals surface area contributed by atoms with Gasteiger partial charge in [-0.15, -0.1) is 0 Å². The van der Waals surface area contributed by atoms with Gasteiger partial charge in [0.1, 0.15) is 5.82 Å². The molecule has 1 aliphatic rings. The Morgan fingerprint density at radius 2 is 2.00 bits per heavy atom. The molecule has 0 aromatic carbocycles. The van der Waals surface area contributed by atoms with Gasteiger partial charge < -0.3 is 5.32 Å². The van der Waals surface area contributed by atoms with Crippen molar-refractivity contribution >= 4 is 5.82 Å². The number of aryl methyl sites for hydroxylation is 2. The zero-order chi connectivity index (χ0) is 12.3. The van der Waals surface area contributed by atoms with Gasteiger partial charge in [0.2, 0.25) is 0 Å². The average Bonchev–Trinajstić information content (AvgIpc) is 2.77. The van der Waals surface area contributed by atoms with Crippen molar-refractivity contribution < 1.29 is 0 Å². The van der Waals surface area contributed by atoms with Crippen molar-refractivity contribution in [3.63, 3.8) is 0 Å². The van der Waals surface area contributed by atoms with Crippen molar-refractivity contribution in [2.75, 3.05) is 5.32 Å². The van der Waals surface area contributed by atoms with Crippen LogP contribution in [0.4, 0.5) is 5.82 Å². The van der Waals surface area contributed by atoms with E-state index >= 15 is 0 Å². The maximum atomic E-state index is 4.73. The van der Waals surface area contributed by atoms with Crippen molar-refractivity contribution in [3.05, 3.63) is 23.4 Å². The highest BCUT2D eigenvalue weighted by atomic mass is 15.0. The molecule has 1 unspecified atom stereocenters. The maximum Gasteiger partial charge on any atom is 0.126 e. The standard InChI is InChI=1S/C15H24N2/c1-4-12(5-2)11(3)16-15-10-9-13-7-6-8-14(13)17-15/h9-12H,4-8H2,1-3H3,(H,16,17). The van der Waals surface area contributed by atoms with Gasteiger partial charge in [0.15, 0.2) is 0 Å². The summed E-state index contributed by atoms with van der Waals surface area (Å²) in [6.07, 6.45) is 6.11. The first-order valence-electron chi connectivity index (χ1n) is 7.00. The van der Waals surface area contributed by atoms with Crippen LogP contribution in [0.3, 0.4) is 0 Å². The fourth-order valence-corrected chi connectivity index (χ4v) is 2.85. The van der Waals surface area contributed by atoms with Crippen molar-refractivity contribution in [3.8, 4) is 0 Å². The summed E-state index contributed by atoms with van der Waals surface area (Å²) in [6, 6.07) is 4.90. The van der Waals surface area contributed by atoms with E-state index in [4.69, 9.17) is 4.98 Å². The van der Waals surface area contributed by atoms with Crippen molar-refractivity contribution in [1.82, 2.24) is 4.98 Å². The Morgan fingerprint density at radius 1 is 1.24 bits per heavy atom. The monoisotopic (exact) mass is 232 g/mol. The first-order valence-corrected chi connectivity index (χ1v) is 7.00. The molecule has 17 heavy (non-hydrogen) atoms. The molecule has 1 aromatic heterocycles. The summed E-state index contributed by atoms with van der Waals surface area (Å²) in [4.78, 5) is 4.73. The van der Waals surface area contributed by atoms with E-state index < -0.39 is 0 Å². The van der Waals surface area contributed by atoms with Crippen LogP contribution in [-0.4, -0.2) is 11.0 Å². The third kappa shape index (κ3) is 2.80. The fourth-order valence-electron chi connectivity index (χ4n) is 2.85. The summed E-state index contributed by atoms with van der Waals surface area (Å²) in [6.45, 7) is 6.80. The van der Waals surface area contributed by atoms with E-state index in [9.17, 15) is 0 Å². The molecule has 1 aliphatic carbocycles. The summed E-state index contributed by atoms with van der Waals surface area (Å²) in [5.41, 5.74) is 2.76. The molecule has 0 spiro atoms. The second kappa shape index (κ2) is 5.52. The van der Waals surface area contributed by atoms with Crippen molar-refractivity contribution in [2.45, 2.75) is 58.9 Å². The fraction of sp³-hybridized carbons (Fsp3) is 0.667. The quantitative estimate of drug-likeness (QED) is 0.835. The van der Waals surface area contributed by atoms with Gasteiger partial charge in [0, 0.05) is 11.7 Å². The lowest BCUT2D eigenvalue weighted by atomic mass is 9.95. The molecule has 0 saturated carbocycles. The maximum absolute atomic E-state index is 4.73. The van der Waals surface area contributed by atoms with E-state index in [1.54, 1.807) is 0 Å². The number of nitrogens with zero attached hydrogens (tertiary/aromatic N) is 1. The summed E-state index contributed by atoms with van der Waals surface area (Å²) < 4.78 is 0. The van der Waals surface area contributed by atoms with Crippen molar-refractivity contribution in [1.29, 1.82) is 0 Å². The number of hydrogen-bond donors (Lipinski definition) is 1. The molecule has 0 bridgehead atoms. The van der Waals surface area contributed by atoms with E-state index in [2.05, 4.69) is 38.2 Å². The van der Waals surface area contributed by atoms with Gasteiger partial charge in [-0.2, -0.15) is 0 Å². The third-order valence-electron chi connectivity index (χ3n) is 4.06. The number of rotatable bonds is 5. The van der Waals surface area contributed by atoms with E-state index in [0.29, 0.717) is 6.04 Å². The Morgan fingerprint density at radius 3 is 2.71 bits per heavy atom. The molecule has 1 N–H and O–H groups in total. The molecule has 0 saturated heterocycles. The number of nitrogens with one attached hydrogen (secondary N) is 1. The molecule has 1 heterocycles. The molecule has 0 aliphatic heterocycles. The molecule has 0 fully saturated rings. The summed E-state index contributed by atoms with van der Waals surface area (Å²) >= 11 is 0. The van der Waals surface area contributed by atoms with Crippen LogP contribution in [0.15, 0.2) is 12.1 Å². The number of hydrogen-bond acceptors (Lipinski definition) is 2. The Bertz CT molecular complexity index is 369. The van der Waals surface area contributed by atoms with Gasteiger partial charge in [0.25, 0.3) is 0 Å². The summed E-state index contributed by atoms with van der Waals surface area (Å²) in [5, 5.41) is 3.56. The molecule has 94 valence electrons. The third-order valence-corrected chi connectivity index (χ3v) is 4.06. The normalized spacial score (nSPS) is 16.0. The minimum absolute atomic E-state index is 0.511. The smallest absolute Gasteiger partial charge is 0.126 e. The van der Waals surface area contributed by atoms with Crippen molar-refractivity contribution in [2.24, 2.45) is 5.92 Å². The average molecular weight is 232 g/mol.